The average molecular weight is 1510 g/mol. The third-order valence-electron chi connectivity index (χ3n) is 19.8. The molecule has 2 unspecified atom stereocenters. The molecule has 0 aliphatic carbocycles. The molecule has 18 nitrogen and oxygen atoms in total. The SMILES string of the molecule is CCCCCCCCCCCCCCCCOCC(COCCCCCCCCCCCCCCCC)O[P+]([O-])(O)OCCOCCOCCn1cc(C[N+](C)(C)CCO[P+]([O-])(O)OC(COCCCCCCCCCCCCCCCC)COCCCCCCCCCCCCCCCC)nn1. The summed E-state index contributed by atoms with van der Waals surface area (Å²) >= 11 is 0. The van der Waals surface area contributed by atoms with Crippen molar-refractivity contribution in [3.8, 4) is 0 Å². The van der Waals surface area contributed by atoms with Gasteiger partial charge in [0.15, 0.2) is 12.2 Å². The molecule has 1 aromatic heterocycles. The lowest BCUT2D eigenvalue weighted by atomic mass is 10.0. The van der Waals surface area contributed by atoms with Gasteiger partial charge in [-0.05, 0) is 25.7 Å². The number of likely N-dealkylation sites (N-methyl/N-ethyl adjacent to an activating group) is 1. The van der Waals surface area contributed by atoms with Crippen molar-refractivity contribution in [2.75, 3.05) is 113 Å². The molecule has 2 atom stereocenters. The van der Waals surface area contributed by atoms with Crippen molar-refractivity contribution in [2.45, 2.75) is 413 Å². The first kappa shape index (κ1) is 100. The number of quaternary nitrogens is 1. The van der Waals surface area contributed by atoms with Crippen molar-refractivity contribution in [1.29, 1.82) is 0 Å². The molecule has 0 amide bonds. The minimum absolute atomic E-state index is 0.00115. The zero-order valence-corrected chi connectivity index (χ0v) is 70.1. The van der Waals surface area contributed by atoms with Crippen LogP contribution < -0.4 is 9.79 Å². The monoisotopic (exact) mass is 1510 g/mol. The van der Waals surface area contributed by atoms with E-state index in [0.29, 0.717) is 63.8 Å². The Morgan fingerprint density at radius 3 is 0.854 bits per heavy atom. The first-order valence-corrected chi connectivity index (χ1v) is 46.8. The lowest BCUT2D eigenvalue weighted by Gasteiger charge is -2.30. The molecule has 614 valence electrons. The van der Waals surface area contributed by atoms with Crippen LogP contribution in [0.3, 0.4) is 0 Å². The Labute approximate surface area is 636 Å². The van der Waals surface area contributed by atoms with E-state index in [0.717, 1.165) is 57.1 Å². The van der Waals surface area contributed by atoms with E-state index in [9.17, 15) is 19.6 Å². The fraction of sp³-hybridized carbons (Fsp3) is 0.976. The van der Waals surface area contributed by atoms with Crippen LogP contribution in [0.1, 0.15) is 393 Å². The number of hydrogen-bond acceptors (Lipinski definition) is 16. The molecule has 0 spiro atoms. The Morgan fingerprint density at radius 1 is 0.330 bits per heavy atom. The lowest BCUT2D eigenvalue weighted by Crippen LogP contribution is -2.42. The maximum Gasteiger partial charge on any atom is 0.377 e. The standard InChI is InChI=1S/C83H168N4O14P2/c1-7-11-15-19-23-27-31-35-39-43-47-51-55-59-65-94-77-82(78-95-66-60-56-52-48-44-40-36-32-28-24-20-16-12-8-2)100-102(88,89)98-70-64-87(5,6)76-81-75-86(85-84-81)63-69-92-71-72-93-73-74-99-103(90,91)101-83(79-96-67-61-57-53-49-45-41-37-33-29-25-21-17-13-9-3)80-97-68-62-58-54-50-46-42-38-34-30-26-22-18-14-10-4/h75,82-83H,7-74,76-80H2,1-6H3,(H-,88,89,90,91)/p+1. The predicted molar refractivity (Wildman–Crippen MR) is 427 cm³/mol. The number of aromatic nitrogens is 3. The third kappa shape index (κ3) is 73.9. The molecule has 1 heterocycles. The number of hydrogen-bond donors (Lipinski definition) is 2. The van der Waals surface area contributed by atoms with Gasteiger partial charge in [0, 0.05) is 26.4 Å². The second kappa shape index (κ2) is 76.8. The van der Waals surface area contributed by atoms with E-state index in [-0.39, 0.29) is 52.9 Å². The molecule has 0 aliphatic heterocycles. The van der Waals surface area contributed by atoms with Crippen molar-refractivity contribution in [3.05, 3.63) is 11.9 Å². The molecular weight excluding hydrogens is 1340 g/mol. The van der Waals surface area contributed by atoms with Crippen molar-refractivity contribution in [3.63, 3.8) is 0 Å². The Morgan fingerprint density at radius 2 is 0.573 bits per heavy atom. The Bertz CT molecular complexity index is 1760. The summed E-state index contributed by atoms with van der Waals surface area (Å²) in [5.41, 5.74) is 0.765. The molecule has 0 radical (unpaired) electrons. The van der Waals surface area contributed by atoms with Gasteiger partial charge in [-0.1, -0.05) is 367 Å². The topological polar surface area (TPSA) is 210 Å². The summed E-state index contributed by atoms with van der Waals surface area (Å²) in [6, 6.07) is 0. The summed E-state index contributed by atoms with van der Waals surface area (Å²) in [4.78, 5) is 48.2. The van der Waals surface area contributed by atoms with Gasteiger partial charge in [-0.2, -0.15) is 27.9 Å². The van der Waals surface area contributed by atoms with E-state index in [1.165, 1.54) is 308 Å². The number of unbranched alkanes of at least 4 members (excludes halogenated alkanes) is 52. The van der Waals surface area contributed by atoms with E-state index in [2.05, 4.69) is 38.0 Å². The number of ether oxygens (including phenoxy) is 6. The molecule has 20 heteroatoms. The molecular formula is C83H169N4O14P2+. The molecule has 0 saturated heterocycles. The van der Waals surface area contributed by atoms with Gasteiger partial charge in [0.1, 0.15) is 32.0 Å². The summed E-state index contributed by atoms with van der Waals surface area (Å²) in [5, 5.41) is 8.67. The maximum atomic E-state index is 13.4. The fourth-order valence-electron chi connectivity index (χ4n) is 13.2. The normalized spacial score (nSPS) is 13.4. The van der Waals surface area contributed by atoms with Crippen LogP contribution in [0.4, 0.5) is 0 Å². The van der Waals surface area contributed by atoms with Crippen molar-refractivity contribution >= 4 is 16.3 Å². The zero-order chi connectivity index (χ0) is 74.6. The van der Waals surface area contributed by atoms with Gasteiger partial charge >= 0.3 is 16.3 Å². The first-order valence-electron chi connectivity index (χ1n) is 43.8. The van der Waals surface area contributed by atoms with Gasteiger partial charge in [-0.25, -0.2) is 4.68 Å². The van der Waals surface area contributed by atoms with Crippen LogP contribution in [0.2, 0.25) is 0 Å². The molecule has 2 N–H and O–H groups in total. The smallest absolute Gasteiger partial charge is 0.377 e. The van der Waals surface area contributed by atoms with Crippen LogP contribution in [0.25, 0.3) is 0 Å². The third-order valence-corrected chi connectivity index (χ3v) is 21.9. The van der Waals surface area contributed by atoms with Gasteiger partial charge in [-0.3, -0.25) is 0 Å². The largest absolute Gasteiger partial charge is 0.606 e. The summed E-state index contributed by atoms with van der Waals surface area (Å²) in [7, 11) is -4.82. The van der Waals surface area contributed by atoms with Crippen LogP contribution in [0, 0.1) is 0 Å². The molecule has 103 heavy (non-hydrogen) atoms. The lowest BCUT2D eigenvalue weighted by molar-refractivity contribution is -0.904. The van der Waals surface area contributed by atoms with Crippen LogP contribution in [0.15, 0.2) is 6.20 Å². The number of phosphoric acid groups is 2. The second-order valence-electron chi connectivity index (χ2n) is 30.8. The maximum absolute atomic E-state index is 13.4. The van der Waals surface area contributed by atoms with Crippen molar-refractivity contribution < 1.29 is 70.6 Å². The van der Waals surface area contributed by atoms with Gasteiger partial charge < -0.3 is 42.7 Å². The highest BCUT2D eigenvalue weighted by Gasteiger charge is 2.35. The number of phosphoric ester groups is 2. The Balaban J connectivity index is 2.48. The van der Waals surface area contributed by atoms with E-state index in [1.807, 2.05) is 20.3 Å². The molecule has 1 rings (SSSR count). The Kier molecular flexibility index (Phi) is 74.8. The minimum atomic E-state index is -4.42. The van der Waals surface area contributed by atoms with Gasteiger partial charge in [0.05, 0.1) is 79.7 Å². The summed E-state index contributed by atoms with van der Waals surface area (Å²) in [5.74, 6) is 0. The van der Waals surface area contributed by atoms with Crippen LogP contribution in [0.5, 0.6) is 0 Å². The number of rotatable bonds is 88. The zero-order valence-electron chi connectivity index (χ0n) is 68.3. The highest BCUT2D eigenvalue weighted by molar-refractivity contribution is 7.53. The molecule has 0 saturated carbocycles. The highest BCUT2D eigenvalue weighted by Crippen LogP contribution is 2.49. The second-order valence-corrected chi connectivity index (χ2v) is 33.6. The molecule has 0 aliphatic rings. The molecule has 0 bridgehead atoms. The van der Waals surface area contributed by atoms with E-state index >= 15 is 0 Å². The summed E-state index contributed by atoms with van der Waals surface area (Å²) in [6.07, 6.45) is 72.8. The van der Waals surface area contributed by atoms with Gasteiger partial charge in [-0.15, -0.1) is 5.10 Å². The molecule has 1 aromatic rings. The summed E-state index contributed by atoms with van der Waals surface area (Å²) < 4.78 is 60.0. The molecule has 0 fully saturated rings. The highest BCUT2D eigenvalue weighted by atomic mass is 31.2. The van der Waals surface area contributed by atoms with Gasteiger partial charge in [0.2, 0.25) is 0 Å². The minimum Gasteiger partial charge on any atom is -0.606 e. The van der Waals surface area contributed by atoms with Crippen LogP contribution in [-0.2, 0) is 59.6 Å². The van der Waals surface area contributed by atoms with Crippen molar-refractivity contribution in [1.82, 2.24) is 15.0 Å². The van der Waals surface area contributed by atoms with Crippen molar-refractivity contribution in [2.24, 2.45) is 0 Å². The van der Waals surface area contributed by atoms with E-state index in [4.69, 9.17) is 46.5 Å². The molecule has 0 aromatic carbocycles. The van der Waals surface area contributed by atoms with Gasteiger partial charge in [0.25, 0.3) is 0 Å². The average Bonchev–Trinajstić information content (AvgIpc) is 1.83. The quantitative estimate of drug-likeness (QED) is 0.0353. The van der Waals surface area contributed by atoms with E-state index < -0.39 is 28.5 Å². The Hall–Kier alpha value is -0.600. The van der Waals surface area contributed by atoms with Crippen LogP contribution >= 0.6 is 16.3 Å². The predicted octanol–water partition coefficient (Wildman–Crippen LogP) is 21.7. The first-order chi connectivity index (χ1) is 50.3. The number of nitrogens with zero attached hydrogens (tertiary/aromatic N) is 4. The van der Waals surface area contributed by atoms with E-state index in [1.54, 1.807) is 4.68 Å². The fourth-order valence-corrected chi connectivity index (χ4v) is 15.0. The summed E-state index contributed by atoms with van der Waals surface area (Å²) in [6.45, 7) is 14.4. The van der Waals surface area contributed by atoms with Crippen LogP contribution in [-0.4, -0.2) is 155 Å².